The van der Waals surface area contributed by atoms with Crippen molar-refractivity contribution in [2.45, 2.75) is 26.3 Å². The van der Waals surface area contributed by atoms with Gasteiger partial charge >= 0.3 is 0 Å². The van der Waals surface area contributed by atoms with Crippen LogP contribution in [0.5, 0.6) is 0 Å². The van der Waals surface area contributed by atoms with Gasteiger partial charge in [0.05, 0.1) is 6.54 Å². The molecule has 2 aromatic rings. The molecule has 0 saturated carbocycles. The first kappa shape index (κ1) is 17.7. The summed E-state index contributed by atoms with van der Waals surface area (Å²) in [6.45, 7) is 4.36. The molecule has 2 amide bonds. The quantitative estimate of drug-likeness (QED) is 0.732. The molecular formula is C19H23N3O2. The number of amides is 2. The van der Waals surface area contributed by atoms with Gasteiger partial charge in [0.25, 0.3) is 5.91 Å². The van der Waals surface area contributed by atoms with Crippen LogP contribution in [-0.2, 0) is 4.79 Å². The summed E-state index contributed by atoms with van der Waals surface area (Å²) in [6, 6.07) is 16.4. The van der Waals surface area contributed by atoms with E-state index in [1.807, 2.05) is 25.1 Å². The van der Waals surface area contributed by atoms with Gasteiger partial charge in [-0.15, -0.1) is 0 Å². The molecule has 0 bridgehead atoms. The van der Waals surface area contributed by atoms with Crippen LogP contribution in [0.25, 0.3) is 0 Å². The van der Waals surface area contributed by atoms with Gasteiger partial charge in [-0.05, 0) is 43.7 Å². The van der Waals surface area contributed by atoms with Gasteiger partial charge in [0.1, 0.15) is 0 Å². The van der Waals surface area contributed by atoms with Crippen molar-refractivity contribution in [3.05, 3.63) is 60.2 Å². The number of carbonyl (C=O) groups excluding carboxylic acids is 2. The minimum atomic E-state index is -0.183. The van der Waals surface area contributed by atoms with Crippen molar-refractivity contribution in [2.75, 3.05) is 17.2 Å². The van der Waals surface area contributed by atoms with Crippen molar-refractivity contribution in [3.63, 3.8) is 0 Å². The van der Waals surface area contributed by atoms with Crippen LogP contribution >= 0.6 is 0 Å². The lowest BCUT2D eigenvalue weighted by molar-refractivity contribution is -0.115. The predicted molar refractivity (Wildman–Crippen MR) is 97.2 cm³/mol. The third-order valence-electron chi connectivity index (χ3n) is 3.66. The normalized spacial score (nSPS) is 11.6. The molecule has 0 fully saturated rings. The Hall–Kier alpha value is -2.66. The highest BCUT2D eigenvalue weighted by molar-refractivity contribution is 6.04. The standard InChI is InChI=1S/C19H23N3O2/c1-3-14(2)20-13-18(23)21-16-10-7-11-17(12-16)22-19(24)15-8-5-4-6-9-15/h4-12,14,20H,3,13H2,1-2H3,(H,21,23)(H,22,24). The third-order valence-corrected chi connectivity index (χ3v) is 3.66. The molecule has 3 N–H and O–H groups in total. The molecule has 2 aromatic carbocycles. The van der Waals surface area contributed by atoms with Gasteiger partial charge < -0.3 is 16.0 Å². The fraction of sp³-hybridized carbons (Fsp3) is 0.263. The Kier molecular flexibility index (Phi) is 6.51. The molecule has 24 heavy (non-hydrogen) atoms. The van der Waals surface area contributed by atoms with Crippen LogP contribution in [0, 0.1) is 0 Å². The molecule has 0 heterocycles. The Morgan fingerprint density at radius 1 is 0.958 bits per heavy atom. The number of carbonyl (C=O) groups is 2. The number of anilines is 2. The minimum absolute atomic E-state index is 0.109. The number of rotatable bonds is 7. The third kappa shape index (κ3) is 5.52. The van der Waals surface area contributed by atoms with E-state index in [1.54, 1.807) is 36.4 Å². The predicted octanol–water partition coefficient (Wildman–Crippen LogP) is 3.27. The van der Waals surface area contributed by atoms with E-state index in [4.69, 9.17) is 0 Å². The Balaban J connectivity index is 1.94. The van der Waals surface area contributed by atoms with Crippen molar-refractivity contribution < 1.29 is 9.59 Å². The lowest BCUT2D eigenvalue weighted by atomic mass is 10.2. The second-order valence-corrected chi connectivity index (χ2v) is 5.64. The number of hydrogen-bond donors (Lipinski definition) is 3. The van der Waals surface area contributed by atoms with Gasteiger partial charge in [0.2, 0.25) is 5.91 Å². The van der Waals surface area contributed by atoms with Crippen molar-refractivity contribution in [3.8, 4) is 0 Å². The molecule has 0 aliphatic carbocycles. The molecule has 1 unspecified atom stereocenters. The average Bonchev–Trinajstić information content (AvgIpc) is 2.60. The van der Waals surface area contributed by atoms with E-state index in [0.717, 1.165) is 6.42 Å². The Bertz CT molecular complexity index is 686. The summed E-state index contributed by atoms with van der Waals surface area (Å²) in [5.41, 5.74) is 1.87. The van der Waals surface area contributed by atoms with Crippen LogP contribution in [0.3, 0.4) is 0 Å². The molecule has 5 nitrogen and oxygen atoms in total. The van der Waals surface area contributed by atoms with E-state index in [9.17, 15) is 9.59 Å². The zero-order valence-corrected chi connectivity index (χ0v) is 14.0. The van der Waals surface area contributed by atoms with Crippen LogP contribution in [0.1, 0.15) is 30.6 Å². The van der Waals surface area contributed by atoms with Crippen LogP contribution in [0.15, 0.2) is 54.6 Å². The summed E-state index contributed by atoms with van der Waals surface area (Å²) in [5, 5.41) is 8.79. The Morgan fingerprint density at radius 3 is 2.29 bits per heavy atom. The first-order chi connectivity index (χ1) is 11.6. The SMILES string of the molecule is CCC(C)NCC(=O)Nc1cccc(NC(=O)c2ccccc2)c1. The molecule has 5 heteroatoms. The maximum atomic E-state index is 12.1. The van der Waals surface area contributed by atoms with Gasteiger partial charge in [-0.3, -0.25) is 9.59 Å². The maximum absolute atomic E-state index is 12.1. The molecule has 126 valence electrons. The summed E-state index contributed by atoms with van der Waals surface area (Å²) in [4.78, 5) is 24.1. The molecule has 0 spiro atoms. The number of nitrogens with one attached hydrogen (secondary N) is 3. The molecule has 0 aliphatic rings. The van der Waals surface area contributed by atoms with Gasteiger partial charge in [0, 0.05) is 23.0 Å². The van der Waals surface area contributed by atoms with Crippen molar-refractivity contribution >= 4 is 23.2 Å². The second kappa shape index (κ2) is 8.84. The monoisotopic (exact) mass is 325 g/mol. The fourth-order valence-electron chi connectivity index (χ4n) is 2.08. The van der Waals surface area contributed by atoms with E-state index in [0.29, 0.717) is 23.0 Å². The molecule has 0 radical (unpaired) electrons. The summed E-state index contributed by atoms with van der Waals surface area (Å²) < 4.78 is 0. The lowest BCUT2D eigenvalue weighted by Crippen LogP contribution is -2.33. The van der Waals surface area contributed by atoms with Crippen LogP contribution < -0.4 is 16.0 Å². The van der Waals surface area contributed by atoms with Crippen molar-refractivity contribution in [2.24, 2.45) is 0 Å². The highest BCUT2D eigenvalue weighted by Gasteiger charge is 2.07. The van der Waals surface area contributed by atoms with E-state index >= 15 is 0 Å². The first-order valence-electron chi connectivity index (χ1n) is 8.08. The lowest BCUT2D eigenvalue weighted by Gasteiger charge is -2.12. The largest absolute Gasteiger partial charge is 0.325 e. The highest BCUT2D eigenvalue weighted by Crippen LogP contribution is 2.16. The van der Waals surface area contributed by atoms with E-state index in [2.05, 4.69) is 22.9 Å². The molecule has 0 saturated heterocycles. The molecule has 0 aliphatic heterocycles. The minimum Gasteiger partial charge on any atom is -0.325 e. The molecule has 0 aromatic heterocycles. The van der Waals surface area contributed by atoms with E-state index < -0.39 is 0 Å². The van der Waals surface area contributed by atoms with Crippen LogP contribution in [-0.4, -0.2) is 24.4 Å². The Morgan fingerprint density at radius 2 is 1.62 bits per heavy atom. The van der Waals surface area contributed by atoms with Gasteiger partial charge in [-0.1, -0.05) is 31.2 Å². The molecule has 2 rings (SSSR count). The smallest absolute Gasteiger partial charge is 0.255 e. The van der Waals surface area contributed by atoms with Crippen molar-refractivity contribution in [1.82, 2.24) is 5.32 Å². The highest BCUT2D eigenvalue weighted by atomic mass is 16.2. The zero-order chi connectivity index (χ0) is 17.4. The van der Waals surface area contributed by atoms with Gasteiger partial charge in [0.15, 0.2) is 0 Å². The number of hydrogen-bond acceptors (Lipinski definition) is 3. The fourth-order valence-corrected chi connectivity index (χ4v) is 2.08. The van der Waals surface area contributed by atoms with Gasteiger partial charge in [-0.25, -0.2) is 0 Å². The summed E-state index contributed by atoms with van der Waals surface area (Å²) in [5.74, 6) is -0.292. The topological polar surface area (TPSA) is 70.2 Å². The van der Waals surface area contributed by atoms with E-state index in [-0.39, 0.29) is 18.4 Å². The maximum Gasteiger partial charge on any atom is 0.255 e. The second-order valence-electron chi connectivity index (χ2n) is 5.64. The summed E-state index contributed by atoms with van der Waals surface area (Å²) >= 11 is 0. The molecule has 1 atom stereocenters. The zero-order valence-electron chi connectivity index (χ0n) is 14.0. The van der Waals surface area contributed by atoms with Crippen LogP contribution in [0.4, 0.5) is 11.4 Å². The van der Waals surface area contributed by atoms with Crippen LogP contribution in [0.2, 0.25) is 0 Å². The van der Waals surface area contributed by atoms with Crippen molar-refractivity contribution in [1.29, 1.82) is 0 Å². The van der Waals surface area contributed by atoms with Gasteiger partial charge in [-0.2, -0.15) is 0 Å². The van der Waals surface area contributed by atoms with E-state index in [1.165, 1.54) is 0 Å². The molecular weight excluding hydrogens is 302 g/mol. The summed E-state index contributed by atoms with van der Waals surface area (Å²) in [6.07, 6.45) is 0.967. The summed E-state index contributed by atoms with van der Waals surface area (Å²) in [7, 11) is 0. The number of benzene rings is 2. The first-order valence-corrected chi connectivity index (χ1v) is 8.08. The Labute approximate surface area is 142 Å². The average molecular weight is 325 g/mol.